The van der Waals surface area contributed by atoms with Gasteiger partial charge in [-0.3, -0.25) is 9.97 Å². The number of ether oxygens (including phenoxy) is 1. The zero-order chi connectivity index (χ0) is 16.9. The Hall–Kier alpha value is -2.75. The fourth-order valence-corrected chi connectivity index (χ4v) is 2.71. The number of pyridine rings is 2. The van der Waals surface area contributed by atoms with Crippen LogP contribution in [-0.4, -0.2) is 15.7 Å². The summed E-state index contributed by atoms with van der Waals surface area (Å²) in [6, 6.07) is 13.6. The summed E-state index contributed by atoms with van der Waals surface area (Å²) in [5.74, 6) is 0.763. The zero-order valence-electron chi connectivity index (χ0n) is 14.0. The third-order valence-electron chi connectivity index (χ3n) is 3.85. The van der Waals surface area contributed by atoms with Crippen LogP contribution in [0.5, 0.6) is 5.75 Å². The van der Waals surface area contributed by atoms with E-state index in [1.54, 1.807) is 6.20 Å². The van der Waals surface area contributed by atoms with Crippen LogP contribution in [0.4, 0.5) is 0 Å². The lowest BCUT2D eigenvalue weighted by Gasteiger charge is -2.11. The smallest absolute Gasteiger partial charge is 0.130 e. The van der Waals surface area contributed by atoms with Crippen molar-refractivity contribution in [1.29, 1.82) is 5.41 Å². The second-order valence-electron chi connectivity index (χ2n) is 5.83. The van der Waals surface area contributed by atoms with Crippen LogP contribution in [0.1, 0.15) is 36.7 Å². The van der Waals surface area contributed by atoms with Crippen LogP contribution in [0, 0.1) is 12.3 Å². The molecule has 2 heterocycles. The second-order valence-corrected chi connectivity index (χ2v) is 5.83. The quantitative estimate of drug-likeness (QED) is 0.671. The average Bonchev–Trinajstić information content (AvgIpc) is 2.60. The van der Waals surface area contributed by atoms with Crippen LogP contribution in [0.15, 0.2) is 48.7 Å². The van der Waals surface area contributed by atoms with Crippen molar-refractivity contribution in [2.45, 2.75) is 33.3 Å². The summed E-state index contributed by atoms with van der Waals surface area (Å²) < 4.78 is 5.83. The summed E-state index contributed by atoms with van der Waals surface area (Å²) in [4.78, 5) is 8.86. The zero-order valence-corrected chi connectivity index (χ0v) is 14.0. The molecule has 0 aliphatic carbocycles. The van der Waals surface area contributed by atoms with E-state index in [0.717, 1.165) is 46.4 Å². The van der Waals surface area contributed by atoms with E-state index < -0.39 is 0 Å². The Bertz CT molecular complexity index is 859. The Morgan fingerprint density at radius 2 is 2.04 bits per heavy atom. The van der Waals surface area contributed by atoms with Crippen LogP contribution >= 0.6 is 0 Å². The maximum absolute atomic E-state index is 8.29. The van der Waals surface area contributed by atoms with Crippen molar-refractivity contribution in [3.63, 3.8) is 0 Å². The third kappa shape index (κ3) is 3.59. The highest BCUT2D eigenvalue weighted by Gasteiger charge is 2.09. The van der Waals surface area contributed by atoms with Crippen LogP contribution < -0.4 is 4.74 Å². The van der Waals surface area contributed by atoms with E-state index in [2.05, 4.69) is 16.9 Å². The molecule has 1 aromatic carbocycles. The Morgan fingerprint density at radius 1 is 1.17 bits per heavy atom. The molecular formula is C20H21N3O. The summed E-state index contributed by atoms with van der Waals surface area (Å²) >= 11 is 0. The fourth-order valence-electron chi connectivity index (χ4n) is 2.71. The van der Waals surface area contributed by atoms with Crippen LogP contribution in [0.25, 0.3) is 10.9 Å². The SMILES string of the molecule is CCCC(=N)c1cc(C)nc2cc(OCc3ccccn3)ccc12. The molecule has 0 spiro atoms. The van der Waals surface area contributed by atoms with Gasteiger partial charge in [-0.25, -0.2) is 0 Å². The van der Waals surface area contributed by atoms with Gasteiger partial charge in [0, 0.05) is 34.6 Å². The van der Waals surface area contributed by atoms with E-state index in [-0.39, 0.29) is 0 Å². The van der Waals surface area contributed by atoms with Gasteiger partial charge in [0.25, 0.3) is 0 Å². The number of nitrogens with one attached hydrogen (secondary N) is 1. The molecular weight excluding hydrogens is 298 g/mol. The molecule has 24 heavy (non-hydrogen) atoms. The van der Waals surface area contributed by atoms with Gasteiger partial charge in [0.2, 0.25) is 0 Å². The van der Waals surface area contributed by atoms with Gasteiger partial charge >= 0.3 is 0 Å². The first-order valence-corrected chi connectivity index (χ1v) is 8.19. The molecule has 4 heteroatoms. The number of aryl methyl sites for hydroxylation is 1. The highest BCUT2D eigenvalue weighted by Crippen LogP contribution is 2.25. The molecule has 1 N–H and O–H groups in total. The summed E-state index contributed by atoms with van der Waals surface area (Å²) in [5, 5.41) is 9.29. The molecule has 0 radical (unpaired) electrons. The van der Waals surface area contributed by atoms with E-state index in [0.29, 0.717) is 12.3 Å². The minimum absolute atomic E-state index is 0.427. The van der Waals surface area contributed by atoms with E-state index in [4.69, 9.17) is 10.1 Å². The van der Waals surface area contributed by atoms with Gasteiger partial charge in [0.15, 0.2) is 0 Å². The van der Waals surface area contributed by atoms with Crippen molar-refractivity contribution in [2.75, 3.05) is 0 Å². The Balaban J connectivity index is 1.89. The van der Waals surface area contributed by atoms with Crippen molar-refractivity contribution < 1.29 is 4.74 Å². The number of aromatic nitrogens is 2. The summed E-state index contributed by atoms with van der Waals surface area (Å²) in [6.45, 7) is 4.48. The molecule has 0 atom stereocenters. The molecule has 4 nitrogen and oxygen atoms in total. The van der Waals surface area contributed by atoms with Gasteiger partial charge in [-0.2, -0.15) is 0 Å². The highest BCUT2D eigenvalue weighted by atomic mass is 16.5. The maximum atomic E-state index is 8.29. The molecule has 0 bridgehead atoms. The number of hydrogen-bond donors (Lipinski definition) is 1. The first-order valence-electron chi connectivity index (χ1n) is 8.19. The standard InChI is InChI=1S/C20H21N3O/c1-3-6-19(21)18-11-14(2)23-20-12-16(8-9-17(18)20)24-13-15-7-4-5-10-22-15/h4-5,7-12,21H,3,6,13H2,1-2H3. The van der Waals surface area contributed by atoms with Crippen molar-refractivity contribution >= 4 is 16.6 Å². The lowest BCUT2D eigenvalue weighted by atomic mass is 10.0. The number of nitrogens with zero attached hydrogens (tertiary/aromatic N) is 2. The fraction of sp³-hybridized carbons (Fsp3) is 0.250. The van der Waals surface area contributed by atoms with E-state index in [1.165, 1.54) is 0 Å². The predicted molar refractivity (Wildman–Crippen MR) is 96.8 cm³/mol. The molecule has 0 fully saturated rings. The molecule has 3 aromatic rings. The normalized spacial score (nSPS) is 10.8. The van der Waals surface area contributed by atoms with Gasteiger partial charge in [0.05, 0.1) is 11.2 Å². The lowest BCUT2D eigenvalue weighted by Crippen LogP contribution is -2.02. The molecule has 0 saturated heterocycles. The average molecular weight is 319 g/mol. The maximum Gasteiger partial charge on any atom is 0.130 e. The Kier molecular flexibility index (Phi) is 4.85. The number of rotatable bonds is 6. The van der Waals surface area contributed by atoms with Gasteiger partial charge in [-0.1, -0.05) is 19.4 Å². The van der Waals surface area contributed by atoms with Gasteiger partial charge in [0.1, 0.15) is 12.4 Å². The largest absolute Gasteiger partial charge is 0.487 e. The monoisotopic (exact) mass is 319 g/mol. The Morgan fingerprint density at radius 3 is 2.79 bits per heavy atom. The Labute approximate surface area is 142 Å². The minimum Gasteiger partial charge on any atom is -0.487 e. The molecule has 0 aliphatic heterocycles. The predicted octanol–water partition coefficient (Wildman–Crippen LogP) is 4.69. The molecule has 0 saturated carbocycles. The van der Waals surface area contributed by atoms with E-state index in [9.17, 15) is 0 Å². The summed E-state index contributed by atoms with van der Waals surface area (Å²) in [5.41, 5.74) is 4.30. The molecule has 0 amide bonds. The van der Waals surface area contributed by atoms with Crippen LogP contribution in [0.2, 0.25) is 0 Å². The summed E-state index contributed by atoms with van der Waals surface area (Å²) in [7, 11) is 0. The van der Waals surface area contributed by atoms with Crippen molar-refractivity contribution in [1.82, 2.24) is 9.97 Å². The van der Waals surface area contributed by atoms with Crippen LogP contribution in [0.3, 0.4) is 0 Å². The van der Waals surface area contributed by atoms with Gasteiger partial charge in [-0.15, -0.1) is 0 Å². The van der Waals surface area contributed by atoms with E-state index >= 15 is 0 Å². The number of fused-ring (bicyclic) bond motifs is 1. The topological polar surface area (TPSA) is 58.9 Å². The minimum atomic E-state index is 0.427. The molecule has 3 rings (SSSR count). The van der Waals surface area contributed by atoms with Gasteiger partial charge < -0.3 is 10.1 Å². The molecule has 0 aliphatic rings. The molecule has 122 valence electrons. The van der Waals surface area contributed by atoms with Crippen molar-refractivity contribution in [3.8, 4) is 5.75 Å². The summed E-state index contributed by atoms with van der Waals surface area (Å²) in [6.07, 6.45) is 3.50. The van der Waals surface area contributed by atoms with Crippen molar-refractivity contribution in [2.24, 2.45) is 0 Å². The first kappa shape index (κ1) is 16.1. The molecule has 0 unspecified atom stereocenters. The van der Waals surface area contributed by atoms with Crippen LogP contribution in [-0.2, 0) is 6.61 Å². The third-order valence-corrected chi connectivity index (χ3v) is 3.85. The number of hydrogen-bond acceptors (Lipinski definition) is 4. The first-order chi connectivity index (χ1) is 11.7. The van der Waals surface area contributed by atoms with Crippen molar-refractivity contribution in [3.05, 3.63) is 65.6 Å². The van der Waals surface area contributed by atoms with E-state index in [1.807, 2.05) is 49.4 Å². The second kappa shape index (κ2) is 7.21. The molecule has 2 aromatic heterocycles. The van der Waals surface area contributed by atoms with Gasteiger partial charge in [-0.05, 0) is 43.7 Å². The lowest BCUT2D eigenvalue weighted by molar-refractivity contribution is 0.301. The number of benzene rings is 1. The highest BCUT2D eigenvalue weighted by molar-refractivity contribution is 6.08.